The normalized spacial score (nSPS) is 10.1. The van der Waals surface area contributed by atoms with Crippen molar-refractivity contribution in [1.29, 1.82) is 5.26 Å². The number of pyridine rings is 1. The van der Waals surface area contributed by atoms with E-state index in [1.165, 1.54) is 0 Å². The van der Waals surface area contributed by atoms with Crippen LogP contribution in [0, 0.1) is 11.3 Å². The second-order valence-electron chi connectivity index (χ2n) is 3.33. The van der Waals surface area contributed by atoms with Crippen molar-refractivity contribution in [2.45, 2.75) is 6.92 Å². The quantitative estimate of drug-likeness (QED) is 0.915. The summed E-state index contributed by atoms with van der Waals surface area (Å²) < 4.78 is 0.939. The maximum atomic E-state index is 9.03. The fraction of sp³-hybridized carbons (Fsp3) is 0.167. The first-order chi connectivity index (χ1) is 7.77. The number of aromatic nitrogens is 1. The molecule has 0 aliphatic carbocycles. The van der Waals surface area contributed by atoms with Gasteiger partial charge in [0.25, 0.3) is 0 Å². The van der Waals surface area contributed by atoms with Gasteiger partial charge in [0.2, 0.25) is 0 Å². The number of nitrogens with one attached hydrogen (secondary N) is 1. The van der Waals surface area contributed by atoms with Crippen LogP contribution >= 0.6 is 15.9 Å². The van der Waals surface area contributed by atoms with E-state index in [0.717, 1.165) is 27.6 Å². The molecule has 0 amide bonds. The number of fused-ring (bicyclic) bond motifs is 1. The molecule has 1 aromatic heterocycles. The molecule has 0 saturated carbocycles. The lowest BCUT2D eigenvalue weighted by atomic mass is 10.1. The molecule has 2 aromatic rings. The zero-order valence-electron chi connectivity index (χ0n) is 8.79. The first-order valence-corrected chi connectivity index (χ1v) is 5.78. The van der Waals surface area contributed by atoms with Crippen molar-refractivity contribution in [1.82, 2.24) is 4.98 Å². The molecule has 16 heavy (non-hydrogen) atoms. The minimum atomic E-state index is 0.576. The zero-order valence-corrected chi connectivity index (χ0v) is 10.4. The van der Waals surface area contributed by atoms with E-state index in [9.17, 15) is 0 Å². The monoisotopic (exact) mass is 275 g/mol. The Hall–Kier alpha value is -1.60. The molecule has 4 heteroatoms. The van der Waals surface area contributed by atoms with Gasteiger partial charge in [-0.3, -0.25) is 4.98 Å². The fourth-order valence-corrected chi connectivity index (χ4v) is 2.11. The average Bonchev–Trinajstić information content (AvgIpc) is 2.30. The number of halogens is 1. The van der Waals surface area contributed by atoms with Gasteiger partial charge in [-0.05, 0) is 28.9 Å². The third-order valence-electron chi connectivity index (χ3n) is 2.32. The van der Waals surface area contributed by atoms with Gasteiger partial charge in [-0.2, -0.15) is 5.26 Å². The van der Waals surface area contributed by atoms with Crippen molar-refractivity contribution < 1.29 is 0 Å². The molecular weight excluding hydrogens is 266 g/mol. The van der Waals surface area contributed by atoms with Crippen molar-refractivity contribution in [2.75, 3.05) is 11.9 Å². The van der Waals surface area contributed by atoms with E-state index in [1.54, 1.807) is 6.20 Å². The number of benzene rings is 1. The molecule has 1 aromatic carbocycles. The van der Waals surface area contributed by atoms with E-state index in [4.69, 9.17) is 5.26 Å². The van der Waals surface area contributed by atoms with Crippen LogP contribution in [0.15, 0.2) is 28.9 Å². The molecule has 0 aliphatic heterocycles. The van der Waals surface area contributed by atoms with E-state index in [0.29, 0.717) is 5.56 Å². The summed E-state index contributed by atoms with van der Waals surface area (Å²) in [5, 5.41) is 13.2. The maximum absolute atomic E-state index is 9.03. The lowest BCUT2D eigenvalue weighted by Crippen LogP contribution is -2.01. The first-order valence-electron chi connectivity index (χ1n) is 4.99. The van der Waals surface area contributed by atoms with E-state index in [2.05, 4.69) is 32.3 Å². The molecule has 3 nitrogen and oxygen atoms in total. The SMILES string of the molecule is CCNc1c(C#N)cnc2c(Br)cccc12. The van der Waals surface area contributed by atoms with Crippen LogP contribution in [0.4, 0.5) is 5.69 Å². The number of nitriles is 1. The zero-order chi connectivity index (χ0) is 11.5. The highest BCUT2D eigenvalue weighted by Gasteiger charge is 2.09. The standard InChI is InChI=1S/C12H10BrN3/c1-2-15-11-8(6-14)7-16-12-9(11)4-3-5-10(12)13/h3-5,7H,2H2,1H3,(H,15,16). The Kier molecular flexibility index (Phi) is 3.07. The second kappa shape index (κ2) is 4.50. The number of hydrogen-bond donors (Lipinski definition) is 1. The van der Waals surface area contributed by atoms with Crippen LogP contribution in [0.5, 0.6) is 0 Å². The van der Waals surface area contributed by atoms with Crippen molar-refractivity contribution in [3.05, 3.63) is 34.4 Å². The highest BCUT2D eigenvalue weighted by atomic mass is 79.9. The third kappa shape index (κ3) is 1.74. The van der Waals surface area contributed by atoms with Gasteiger partial charge in [-0.15, -0.1) is 0 Å². The first kappa shape index (κ1) is 10.9. The summed E-state index contributed by atoms with van der Waals surface area (Å²) >= 11 is 3.46. The maximum Gasteiger partial charge on any atom is 0.103 e. The summed E-state index contributed by atoms with van der Waals surface area (Å²) in [6.45, 7) is 2.78. The van der Waals surface area contributed by atoms with E-state index in [-0.39, 0.29) is 0 Å². The molecule has 2 rings (SSSR count). The lowest BCUT2D eigenvalue weighted by molar-refractivity contribution is 1.21. The lowest BCUT2D eigenvalue weighted by Gasteiger charge is -2.09. The van der Waals surface area contributed by atoms with E-state index < -0.39 is 0 Å². The Morgan fingerprint density at radius 3 is 3.00 bits per heavy atom. The third-order valence-corrected chi connectivity index (χ3v) is 2.96. The summed E-state index contributed by atoms with van der Waals surface area (Å²) in [7, 11) is 0. The minimum absolute atomic E-state index is 0.576. The molecule has 0 saturated heterocycles. The predicted octanol–water partition coefficient (Wildman–Crippen LogP) is 3.30. The molecule has 1 N–H and O–H groups in total. The molecule has 0 spiro atoms. The van der Waals surface area contributed by atoms with E-state index >= 15 is 0 Å². The highest BCUT2D eigenvalue weighted by Crippen LogP contribution is 2.29. The van der Waals surface area contributed by atoms with Crippen molar-refractivity contribution >= 4 is 32.5 Å². The highest BCUT2D eigenvalue weighted by molar-refractivity contribution is 9.10. The average molecular weight is 276 g/mol. The van der Waals surface area contributed by atoms with Crippen LogP contribution in [0.25, 0.3) is 10.9 Å². The molecule has 0 aliphatic rings. The van der Waals surface area contributed by atoms with Crippen molar-refractivity contribution in [3.63, 3.8) is 0 Å². The Balaban J connectivity index is 2.80. The van der Waals surface area contributed by atoms with Crippen LogP contribution in [0.1, 0.15) is 12.5 Å². The van der Waals surface area contributed by atoms with Gasteiger partial charge >= 0.3 is 0 Å². The summed E-state index contributed by atoms with van der Waals surface area (Å²) in [6.07, 6.45) is 1.60. The molecule has 80 valence electrons. The smallest absolute Gasteiger partial charge is 0.103 e. The van der Waals surface area contributed by atoms with Gasteiger partial charge in [-0.1, -0.05) is 12.1 Å². The van der Waals surface area contributed by atoms with Crippen LogP contribution in [0.3, 0.4) is 0 Å². The van der Waals surface area contributed by atoms with Gasteiger partial charge < -0.3 is 5.32 Å². The second-order valence-corrected chi connectivity index (χ2v) is 4.18. The molecule has 0 fully saturated rings. The largest absolute Gasteiger partial charge is 0.384 e. The van der Waals surface area contributed by atoms with Crippen LogP contribution < -0.4 is 5.32 Å². The summed E-state index contributed by atoms with van der Waals surface area (Å²) in [5.41, 5.74) is 2.31. The number of rotatable bonds is 2. The number of hydrogen-bond acceptors (Lipinski definition) is 3. The number of para-hydroxylation sites is 1. The van der Waals surface area contributed by atoms with Crippen molar-refractivity contribution in [2.24, 2.45) is 0 Å². The summed E-state index contributed by atoms with van der Waals surface area (Å²) in [5.74, 6) is 0. The molecular formula is C12H10BrN3. The van der Waals surface area contributed by atoms with Gasteiger partial charge in [0, 0.05) is 22.6 Å². The fourth-order valence-electron chi connectivity index (χ4n) is 1.64. The van der Waals surface area contributed by atoms with Gasteiger partial charge in [0.15, 0.2) is 0 Å². The topological polar surface area (TPSA) is 48.7 Å². The van der Waals surface area contributed by atoms with E-state index in [1.807, 2.05) is 25.1 Å². The number of nitrogens with zero attached hydrogens (tertiary/aromatic N) is 2. The van der Waals surface area contributed by atoms with Gasteiger partial charge in [0.05, 0.1) is 16.8 Å². The molecule has 0 bridgehead atoms. The Morgan fingerprint density at radius 1 is 1.50 bits per heavy atom. The minimum Gasteiger partial charge on any atom is -0.384 e. The molecule has 1 heterocycles. The van der Waals surface area contributed by atoms with Crippen LogP contribution in [-0.4, -0.2) is 11.5 Å². The van der Waals surface area contributed by atoms with Gasteiger partial charge in [0.1, 0.15) is 6.07 Å². The summed E-state index contributed by atoms with van der Waals surface area (Å²) in [4.78, 5) is 4.29. The molecule has 0 radical (unpaired) electrons. The predicted molar refractivity (Wildman–Crippen MR) is 68.3 cm³/mol. The Labute approximate surface area is 102 Å². The number of anilines is 1. The Bertz CT molecular complexity index is 572. The van der Waals surface area contributed by atoms with Gasteiger partial charge in [-0.25, -0.2) is 0 Å². The molecule has 0 unspecified atom stereocenters. The van der Waals surface area contributed by atoms with Crippen LogP contribution in [0.2, 0.25) is 0 Å². The van der Waals surface area contributed by atoms with Crippen LogP contribution in [-0.2, 0) is 0 Å². The van der Waals surface area contributed by atoms with Crippen molar-refractivity contribution in [3.8, 4) is 6.07 Å². The molecule has 0 atom stereocenters. The Morgan fingerprint density at radius 2 is 2.31 bits per heavy atom. The summed E-state index contributed by atoms with van der Waals surface area (Å²) in [6, 6.07) is 8.00.